The number of pyridine rings is 1. The molecule has 220 valence electrons. The first-order chi connectivity index (χ1) is 19.1. The van der Waals surface area contributed by atoms with Gasteiger partial charge in [0.25, 0.3) is 10.0 Å². The van der Waals surface area contributed by atoms with Gasteiger partial charge in [-0.3, -0.25) is 24.6 Å². The molecule has 0 fully saturated rings. The van der Waals surface area contributed by atoms with Crippen LogP contribution in [-0.2, 0) is 24.4 Å². The van der Waals surface area contributed by atoms with E-state index in [2.05, 4.69) is 26.1 Å². The maximum absolute atomic E-state index is 13.1. The number of carbonyl (C=O) groups is 2. The number of carbonyl (C=O) groups excluding carboxylic acids is 2. The number of alkyl halides is 3. The number of nitrogens with two attached hydrogens (primary N) is 1. The van der Waals surface area contributed by atoms with Crippen LogP contribution in [0.3, 0.4) is 0 Å². The van der Waals surface area contributed by atoms with E-state index in [1.54, 1.807) is 18.2 Å². The van der Waals surface area contributed by atoms with Crippen LogP contribution >= 0.6 is 15.9 Å². The third-order valence-corrected chi connectivity index (χ3v) is 7.18. The average Bonchev–Trinajstić information content (AvgIpc) is 2.89. The minimum Gasteiger partial charge on any atom is -0.368 e. The molecule has 1 aromatic heterocycles. The molecule has 0 aliphatic carbocycles. The summed E-state index contributed by atoms with van der Waals surface area (Å²) in [5, 5.41) is 10.6. The van der Waals surface area contributed by atoms with Crippen molar-refractivity contribution in [1.29, 1.82) is 5.41 Å². The van der Waals surface area contributed by atoms with Crippen LogP contribution in [0.15, 0.2) is 62.7 Å². The molecule has 41 heavy (non-hydrogen) atoms. The quantitative estimate of drug-likeness (QED) is 0.0929. The zero-order chi connectivity index (χ0) is 30.5. The van der Waals surface area contributed by atoms with Crippen LogP contribution in [0.2, 0.25) is 0 Å². The van der Waals surface area contributed by atoms with Crippen LogP contribution < -0.4 is 31.6 Å². The highest BCUT2D eigenvalue weighted by Gasteiger charge is 2.43. The fraction of sp³-hybridized carbons (Fsp3) is 0.217. The van der Waals surface area contributed by atoms with Crippen molar-refractivity contribution in [3.8, 4) is 0 Å². The Morgan fingerprint density at radius 2 is 1.78 bits per heavy atom. The van der Waals surface area contributed by atoms with Gasteiger partial charge in [-0.05, 0) is 54.1 Å². The molecule has 0 saturated carbocycles. The van der Waals surface area contributed by atoms with Crippen molar-refractivity contribution in [2.75, 3.05) is 17.9 Å². The summed E-state index contributed by atoms with van der Waals surface area (Å²) >= 11 is 3.31. The van der Waals surface area contributed by atoms with Crippen molar-refractivity contribution in [2.24, 2.45) is 5.73 Å². The minimum absolute atomic E-state index is 0.0936. The molecule has 6 N–H and O–H groups in total. The highest BCUT2D eigenvalue weighted by atomic mass is 79.9. The van der Waals surface area contributed by atoms with Gasteiger partial charge in [0.2, 0.25) is 11.9 Å². The van der Waals surface area contributed by atoms with Gasteiger partial charge < -0.3 is 15.9 Å². The lowest BCUT2D eigenvalue weighted by atomic mass is 10.1. The Labute approximate surface area is 238 Å². The second kappa shape index (κ2) is 12.6. The highest BCUT2D eigenvalue weighted by Crippen LogP contribution is 2.24. The number of anilines is 1. The molecule has 1 amide bonds. The Morgan fingerprint density at radius 1 is 1.12 bits per heavy atom. The molecule has 2 aromatic carbocycles. The molecule has 0 aliphatic rings. The molecule has 1 heterocycles. The smallest absolute Gasteiger partial charge is 0.368 e. The van der Waals surface area contributed by atoms with Crippen LogP contribution in [0, 0.1) is 5.41 Å². The van der Waals surface area contributed by atoms with Gasteiger partial charge in [0.15, 0.2) is 0 Å². The number of guanidine groups is 1. The Kier molecular flexibility index (Phi) is 9.61. The number of fused-ring (bicyclic) bond motifs is 1. The lowest BCUT2D eigenvalue weighted by Crippen LogP contribution is -2.42. The van der Waals surface area contributed by atoms with E-state index in [9.17, 15) is 36.0 Å². The van der Waals surface area contributed by atoms with Gasteiger partial charge in [-0.15, -0.1) is 4.73 Å². The van der Waals surface area contributed by atoms with Crippen LogP contribution in [0.4, 0.5) is 18.9 Å². The van der Waals surface area contributed by atoms with E-state index in [0.29, 0.717) is 10.8 Å². The van der Waals surface area contributed by atoms with Crippen molar-refractivity contribution in [3.05, 3.63) is 69.1 Å². The topological polar surface area (TPSA) is 195 Å². The van der Waals surface area contributed by atoms with Crippen LogP contribution in [-0.4, -0.2) is 50.3 Å². The molecule has 1 unspecified atom stereocenters. The van der Waals surface area contributed by atoms with Crippen molar-refractivity contribution in [2.45, 2.75) is 23.9 Å². The van der Waals surface area contributed by atoms with Crippen molar-refractivity contribution >= 4 is 60.2 Å². The lowest BCUT2D eigenvalue weighted by Gasteiger charge is -2.19. The average molecular weight is 663 g/mol. The summed E-state index contributed by atoms with van der Waals surface area (Å²) < 4.78 is 67.6. The van der Waals surface area contributed by atoms with Gasteiger partial charge in [0, 0.05) is 11.0 Å². The zero-order valence-corrected chi connectivity index (χ0v) is 23.3. The largest absolute Gasteiger partial charge is 0.493 e. The van der Waals surface area contributed by atoms with Crippen molar-refractivity contribution < 1.29 is 40.9 Å². The Bertz CT molecular complexity index is 1660. The molecule has 1 atom stereocenters. The second-order valence-electron chi connectivity index (χ2n) is 8.28. The SMILES string of the molecule is CC(C(=O)NCCONC(=N)N)c1ccc(NS(=O)(=O)c2ccc3cc(Br)ccc3c2)c(=O)n1OC(=O)C(F)(F)F. The standard InChI is InChI=1S/C23H22BrF3N6O7S/c1-12(19(34)30-8-9-39-31-22(28)29)18-7-6-17(20(35)33(18)40-21(36)23(25,26)27)32-41(37,38)16-5-3-13-10-15(24)4-2-14(13)11-16/h2-7,10-12,32H,8-9H2,1H3,(H,30,34)(H4,28,29,31). The number of hydrogen-bond acceptors (Lipinski definition) is 8. The Balaban J connectivity index is 1.93. The number of amides is 1. The van der Waals surface area contributed by atoms with Crippen LogP contribution in [0.1, 0.15) is 18.5 Å². The van der Waals surface area contributed by atoms with E-state index >= 15 is 0 Å². The van der Waals surface area contributed by atoms with Gasteiger partial charge in [0.05, 0.1) is 23.1 Å². The fourth-order valence-electron chi connectivity index (χ4n) is 3.37. The first-order valence-corrected chi connectivity index (χ1v) is 13.6. The van der Waals surface area contributed by atoms with E-state index in [1.807, 2.05) is 10.2 Å². The number of nitrogens with zero attached hydrogens (tertiary/aromatic N) is 1. The maximum atomic E-state index is 13.1. The van der Waals surface area contributed by atoms with E-state index in [4.69, 9.17) is 16.0 Å². The summed E-state index contributed by atoms with van der Waals surface area (Å²) in [6, 6.07) is 11.1. The van der Waals surface area contributed by atoms with Gasteiger partial charge in [-0.25, -0.2) is 18.7 Å². The summed E-state index contributed by atoms with van der Waals surface area (Å²) in [4.78, 5) is 46.0. The second-order valence-corrected chi connectivity index (χ2v) is 10.9. The number of aromatic nitrogens is 1. The molecule has 3 aromatic rings. The predicted octanol–water partition coefficient (Wildman–Crippen LogP) is 1.72. The van der Waals surface area contributed by atoms with Gasteiger partial charge >= 0.3 is 17.7 Å². The normalized spacial score (nSPS) is 12.4. The third kappa shape index (κ3) is 7.95. The fourth-order valence-corrected chi connectivity index (χ4v) is 4.84. The van der Waals surface area contributed by atoms with Crippen LogP contribution in [0.25, 0.3) is 10.8 Å². The van der Waals surface area contributed by atoms with Crippen molar-refractivity contribution in [1.82, 2.24) is 15.5 Å². The third-order valence-electron chi connectivity index (χ3n) is 5.33. The number of nitrogens with one attached hydrogen (secondary N) is 4. The Hall–Kier alpha value is -4.16. The minimum atomic E-state index is -5.52. The summed E-state index contributed by atoms with van der Waals surface area (Å²) in [6.07, 6.45) is -5.52. The summed E-state index contributed by atoms with van der Waals surface area (Å²) in [5.41, 5.74) is 4.32. The molecule has 0 radical (unpaired) electrons. The molecule has 0 saturated heterocycles. The Morgan fingerprint density at radius 3 is 2.44 bits per heavy atom. The number of benzene rings is 2. The molecular formula is C23H22BrF3N6O7S. The summed E-state index contributed by atoms with van der Waals surface area (Å²) in [7, 11) is -4.44. The number of hydrogen-bond donors (Lipinski definition) is 5. The lowest BCUT2D eigenvalue weighted by molar-refractivity contribution is -0.200. The van der Waals surface area contributed by atoms with E-state index in [1.165, 1.54) is 25.1 Å². The highest BCUT2D eigenvalue weighted by molar-refractivity contribution is 9.10. The molecule has 3 rings (SSSR count). The molecule has 13 nitrogen and oxygen atoms in total. The molecule has 0 spiro atoms. The maximum Gasteiger partial charge on any atom is 0.493 e. The van der Waals surface area contributed by atoms with Crippen LogP contribution in [0.5, 0.6) is 0 Å². The van der Waals surface area contributed by atoms with E-state index < -0.39 is 56.9 Å². The summed E-state index contributed by atoms with van der Waals surface area (Å²) in [6.45, 7) is 0.894. The number of rotatable bonds is 10. The van der Waals surface area contributed by atoms with Gasteiger partial charge in [-0.1, -0.05) is 28.1 Å². The molecule has 0 bridgehead atoms. The van der Waals surface area contributed by atoms with Gasteiger partial charge in [-0.2, -0.15) is 13.2 Å². The zero-order valence-electron chi connectivity index (χ0n) is 20.9. The molecule has 18 heteroatoms. The van der Waals surface area contributed by atoms with Gasteiger partial charge in [0.1, 0.15) is 5.69 Å². The van der Waals surface area contributed by atoms with Crippen molar-refractivity contribution in [3.63, 3.8) is 0 Å². The number of hydroxylamine groups is 1. The first kappa shape index (κ1) is 31.4. The molecule has 0 aliphatic heterocycles. The van der Waals surface area contributed by atoms with E-state index in [0.717, 1.165) is 16.6 Å². The molecular weight excluding hydrogens is 641 g/mol. The predicted molar refractivity (Wildman–Crippen MR) is 143 cm³/mol. The van der Waals surface area contributed by atoms with E-state index in [-0.39, 0.29) is 22.8 Å². The first-order valence-electron chi connectivity index (χ1n) is 11.4. The number of halogens is 4. The summed E-state index contributed by atoms with van der Waals surface area (Å²) in [5.74, 6) is -5.46. The monoisotopic (exact) mass is 662 g/mol. The number of sulfonamides is 1.